The Morgan fingerprint density at radius 2 is 2.33 bits per heavy atom. The predicted molar refractivity (Wildman–Crippen MR) is 71.7 cm³/mol. The number of hydrogen-bond donors (Lipinski definition) is 1. The van der Waals surface area contributed by atoms with Crippen molar-refractivity contribution in [3.05, 3.63) is 45.2 Å². The van der Waals surface area contributed by atoms with E-state index < -0.39 is 5.97 Å². The number of pyridine rings is 1. The zero-order chi connectivity index (χ0) is 13.1. The largest absolute Gasteiger partial charge is 0.487 e. The standard InChI is InChI=1S/C12H10INO4/c1-7-8(4-10(18-7)12(15)16)6-17-9-2-3-11(13)14-5-9/h2-5H,6H2,1H3,(H,15,16). The molecule has 0 unspecified atom stereocenters. The molecule has 0 spiro atoms. The topological polar surface area (TPSA) is 72.6 Å². The number of hydrogen-bond acceptors (Lipinski definition) is 4. The molecule has 0 aliphatic carbocycles. The van der Waals surface area contributed by atoms with Crippen molar-refractivity contribution in [2.45, 2.75) is 13.5 Å². The van der Waals surface area contributed by atoms with E-state index in [-0.39, 0.29) is 12.4 Å². The maximum Gasteiger partial charge on any atom is 0.371 e. The van der Waals surface area contributed by atoms with Gasteiger partial charge in [0.25, 0.3) is 0 Å². The second-order valence-corrected chi connectivity index (χ2v) is 4.71. The van der Waals surface area contributed by atoms with Gasteiger partial charge < -0.3 is 14.3 Å². The van der Waals surface area contributed by atoms with Crippen molar-refractivity contribution in [3.8, 4) is 5.75 Å². The Bertz CT molecular complexity index is 562. The van der Waals surface area contributed by atoms with Crippen molar-refractivity contribution < 1.29 is 19.1 Å². The Hall–Kier alpha value is -1.57. The van der Waals surface area contributed by atoms with Gasteiger partial charge in [0, 0.05) is 5.56 Å². The minimum atomic E-state index is -1.08. The second kappa shape index (κ2) is 5.38. The molecule has 2 rings (SSSR count). The van der Waals surface area contributed by atoms with Crippen LogP contribution < -0.4 is 4.74 Å². The molecule has 6 heteroatoms. The Kier molecular flexibility index (Phi) is 3.85. The summed E-state index contributed by atoms with van der Waals surface area (Å²) in [4.78, 5) is 14.8. The highest BCUT2D eigenvalue weighted by Gasteiger charge is 2.13. The van der Waals surface area contributed by atoms with Crippen LogP contribution in [0.25, 0.3) is 0 Å². The van der Waals surface area contributed by atoms with Crippen LogP contribution in [-0.4, -0.2) is 16.1 Å². The maximum absolute atomic E-state index is 10.7. The molecule has 0 atom stereocenters. The molecule has 0 saturated heterocycles. The summed E-state index contributed by atoms with van der Waals surface area (Å²) in [6.07, 6.45) is 1.62. The first-order valence-corrected chi connectivity index (χ1v) is 6.21. The minimum absolute atomic E-state index is 0.0770. The summed E-state index contributed by atoms with van der Waals surface area (Å²) in [5.41, 5.74) is 0.714. The first-order valence-electron chi connectivity index (χ1n) is 5.13. The van der Waals surface area contributed by atoms with Gasteiger partial charge in [-0.15, -0.1) is 0 Å². The van der Waals surface area contributed by atoms with Crippen molar-refractivity contribution in [2.75, 3.05) is 0 Å². The summed E-state index contributed by atoms with van der Waals surface area (Å²) in [7, 11) is 0. The highest BCUT2D eigenvalue weighted by Crippen LogP contribution is 2.18. The van der Waals surface area contributed by atoms with Gasteiger partial charge in [-0.2, -0.15) is 0 Å². The maximum atomic E-state index is 10.7. The highest BCUT2D eigenvalue weighted by molar-refractivity contribution is 14.1. The van der Waals surface area contributed by atoms with Crippen LogP contribution in [0.4, 0.5) is 0 Å². The molecule has 18 heavy (non-hydrogen) atoms. The third kappa shape index (κ3) is 3.00. The van der Waals surface area contributed by atoms with Gasteiger partial charge in [0.1, 0.15) is 21.8 Å². The van der Waals surface area contributed by atoms with Gasteiger partial charge in [0.2, 0.25) is 5.76 Å². The van der Waals surface area contributed by atoms with Crippen LogP contribution >= 0.6 is 22.6 Å². The lowest BCUT2D eigenvalue weighted by Gasteiger charge is -2.04. The fourth-order valence-electron chi connectivity index (χ4n) is 1.38. The van der Waals surface area contributed by atoms with Crippen LogP contribution in [0.3, 0.4) is 0 Å². The predicted octanol–water partition coefficient (Wildman–Crippen LogP) is 2.86. The molecule has 1 N–H and O–H groups in total. The third-order valence-electron chi connectivity index (χ3n) is 2.33. The Morgan fingerprint density at radius 3 is 2.89 bits per heavy atom. The molecule has 0 aliphatic heterocycles. The fourth-order valence-corrected chi connectivity index (χ4v) is 1.70. The van der Waals surface area contributed by atoms with Crippen molar-refractivity contribution in [1.29, 1.82) is 0 Å². The number of nitrogens with zero attached hydrogens (tertiary/aromatic N) is 1. The Morgan fingerprint density at radius 1 is 1.56 bits per heavy atom. The summed E-state index contributed by atoms with van der Waals surface area (Å²) in [6.45, 7) is 1.96. The van der Waals surface area contributed by atoms with E-state index in [9.17, 15) is 4.79 Å². The van der Waals surface area contributed by atoms with Crippen LogP contribution in [0, 0.1) is 10.6 Å². The van der Waals surface area contributed by atoms with Gasteiger partial charge in [-0.3, -0.25) is 0 Å². The highest BCUT2D eigenvalue weighted by atomic mass is 127. The molecule has 0 aliphatic rings. The van der Waals surface area contributed by atoms with E-state index >= 15 is 0 Å². The van der Waals surface area contributed by atoms with E-state index in [1.54, 1.807) is 13.1 Å². The number of carboxylic acid groups (broad SMARTS) is 1. The monoisotopic (exact) mass is 359 g/mol. The number of halogens is 1. The SMILES string of the molecule is Cc1oc(C(=O)O)cc1COc1ccc(I)nc1. The number of furan rings is 1. The number of aromatic nitrogens is 1. The molecular formula is C12H10INO4. The molecule has 94 valence electrons. The van der Waals surface area contributed by atoms with Gasteiger partial charge in [0.15, 0.2) is 0 Å². The second-order valence-electron chi connectivity index (χ2n) is 3.60. The van der Waals surface area contributed by atoms with Crippen LogP contribution in [-0.2, 0) is 6.61 Å². The normalized spacial score (nSPS) is 10.3. The zero-order valence-corrected chi connectivity index (χ0v) is 11.7. The summed E-state index contributed by atoms with van der Waals surface area (Å²) >= 11 is 2.11. The summed E-state index contributed by atoms with van der Waals surface area (Å²) in [6, 6.07) is 5.11. The molecule has 0 aromatic carbocycles. The molecule has 0 amide bonds. The van der Waals surface area contributed by atoms with E-state index in [1.165, 1.54) is 6.07 Å². The molecular weight excluding hydrogens is 349 g/mol. The third-order valence-corrected chi connectivity index (χ3v) is 2.96. The van der Waals surface area contributed by atoms with Crippen molar-refractivity contribution >= 4 is 28.6 Å². The smallest absolute Gasteiger partial charge is 0.371 e. The summed E-state index contributed by atoms with van der Waals surface area (Å²) in [5, 5.41) is 8.79. The van der Waals surface area contributed by atoms with E-state index in [4.69, 9.17) is 14.3 Å². The molecule has 0 bridgehead atoms. The number of aromatic carboxylic acids is 1. The van der Waals surface area contributed by atoms with E-state index in [1.807, 2.05) is 12.1 Å². The van der Waals surface area contributed by atoms with Crippen molar-refractivity contribution in [3.63, 3.8) is 0 Å². The molecule has 0 radical (unpaired) electrons. The first kappa shape index (κ1) is 12.9. The summed E-state index contributed by atoms with van der Waals surface area (Å²) < 4.78 is 11.5. The number of rotatable bonds is 4. The quantitative estimate of drug-likeness (QED) is 0.671. The number of carboxylic acids is 1. The lowest BCUT2D eigenvalue weighted by molar-refractivity contribution is 0.0661. The molecule has 0 fully saturated rings. The lowest BCUT2D eigenvalue weighted by atomic mass is 10.2. The molecule has 2 heterocycles. The average Bonchev–Trinajstić information content (AvgIpc) is 2.70. The molecule has 2 aromatic heterocycles. The van der Waals surface area contributed by atoms with Crippen LogP contribution in [0.15, 0.2) is 28.8 Å². The van der Waals surface area contributed by atoms with Gasteiger partial charge >= 0.3 is 5.97 Å². The van der Waals surface area contributed by atoms with Crippen molar-refractivity contribution in [1.82, 2.24) is 4.98 Å². The fraction of sp³-hybridized carbons (Fsp3) is 0.167. The van der Waals surface area contributed by atoms with Crippen molar-refractivity contribution in [2.24, 2.45) is 0 Å². The van der Waals surface area contributed by atoms with E-state index in [0.717, 1.165) is 3.70 Å². The summed E-state index contributed by atoms with van der Waals surface area (Å²) in [5.74, 6) is 0.0193. The van der Waals surface area contributed by atoms with E-state index in [2.05, 4.69) is 27.6 Å². The van der Waals surface area contributed by atoms with Gasteiger partial charge in [-0.1, -0.05) is 0 Å². The van der Waals surface area contributed by atoms with Crippen LogP contribution in [0.2, 0.25) is 0 Å². The first-order chi connectivity index (χ1) is 8.56. The molecule has 5 nitrogen and oxygen atoms in total. The van der Waals surface area contributed by atoms with E-state index in [0.29, 0.717) is 17.1 Å². The molecule has 2 aromatic rings. The van der Waals surface area contributed by atoms with Gasteiger partial charge in [-0.05, 0) is 47.7 Å². The number of ether oxygens (including phenoxy) is 1. The Balaban J connectivity index is 2.06. The Labute approximate surface area is 117 Å². The number of aryl methyl sites for hydroxylation is 1. The molecule has 0 saturated carbocycles. The average molecular weight is 359 g/mol. The minimum Gasteiger partial charge on any atom is -0.487 e. The number of carbonyl (C=O) groups is 1. The van der Waals surface area contributed by atoms with Gasteiger partial charge in [0.05, 0.1) is 6.20 Å². The lowest BCUT2D eigenvalue weighted by Crippen LogP contribution is -1.96. The van der Waals surface area contributed by atoms with Crippen LogP contribution in [0.5, 0.6) is 5.75 Å². The van der Waals surface area contributed by atoms with Crippen LogP contribution in [0.1, 0.15) is 21.9 Å². The van der Waals surface area contributed by atoms with Gasteiger partial charge in [-0.25, -0.2) is 9.78 Å². The zero-order valence-electron chi connectivity index (χ0n) is 9.51.